The van der Waals surface area contributed by atoms with Crippen molar-refractivity contribution in [3.63, 3.8) is 0 Å². The Bertz CT molecular complexity index is 1580. The number of hydrogen-bond acceptors (Lipinski definition) is 6. The third kappa shape index (κ3) is 3.28. The summed E-state index contributed by atoms with van der Waals surface area (Å²) in [5, 5.41) is 11.1. The zero-order chi connectivity index (χ0) is 26.0. The monoisotopic (exact) mass is 533 g/mol. The van der Waals surface area contributed by atoms with Crippen LogP contribution in [0.15, 0.2) is 60.7 Å². The van der Waals surface area contributed by atoms with Gasteiger partial charge in [0.05, 0.1) is 22.2 Å². The van der Waals surface area contributed by atoms with Crippen LogP contribution < -0.4 is 9.80 Å². The molecule has 2 heterocycles. The van der Waals surface area contributed by atoms with Crippen LogP contribution in [0.2, 0.25) is 5.02 Å². The van der Waals surface area contributed by atoms with Crippen LogP contribution in [0.5, 0.6) is 0 Å². The summed E-state index contributed by atoms with van der Waals surface area (Å²) in [5.74, 6) is -4.49. The highest BCUT2D eigenvalue weighted by Gasteiger charge is 2.70. The smallest absolute Gasteiger partial charge is 0.274 e. The molecule has 0 aromatic heterocycles. The summed E-state index contributed by atoms with van der Waals surface area (Å²) in [6, 6.07) is 11.4. The number of amides is 2. The van der Waals surface area contributed by atoms with Gasteiger partial charge in [-0.2, -0.15) is 0 Å². The van der Waals surface area contributed by atoms with Gasteiger partial charge in [-0.05, 0) is 42.0 Å². The summed E-state index contributed by atoms with van der Waals surface area (Å²) in [6.45, 7) is -0.215. The second-order valence-corrected chi connectivity index (χ2v) is 10.7. The Hall–Kier alpha value is -3.90. The van der Waals surface area contributed by atoms with E-state index in [1.165, 1.54) is 18.2 Å². The van der Waals surface area contributed by atoms with Crippen molar-refractivity contribution in [1.82, 2.24) is 0 Å². The topological polar surface area (TPSA) is 118 Å². The molecule has 0 radical (unpaired) electrons. The molecule has 0 bridgehead atoms. The molecule has 36 heavy (non-hydrogen) atoms. The predicted molar refractivity (Wildman–Crippen MR) is 125 cm³/mol. The molecule has 1 spiro atoms. The number of rotatable bonds is 4. The molecule has 1 fully saturated rings. The van der Waals surface area contributed by atoms with Gasteiger partial charge in [0, 0.05) is 23.4 Å². The molecule has 13 heteroatoms. The number of nitro benzene ring substituents is 1. The van der Waals surface area contributed by atoms with Gasteiger partial charge in [0.15, 0.2) is 9.84 Å². The van der Waals surface area contributed by atoms with Gasteiger partial charge in [-0.15, -0.1) is 0 Å². The highest BCUT2D eigenvalue weighted by molar-refractivity contribution is 7.94. The zero-order valence-electron chi connectivity index (χ0n) is 18.0. The zero-order valence-corrected chi connectivity index (χ0v) is 19.6. The van der Waals surface area contributed by atoms with Crippen molar-refractivity contribution < 1.29 is 31.7 Å². The van der Waals surface area contributed by atoms with Crippen LogP contribution in [-0.4, -0.2) is 30.9 Å². The third-order valence-electron chi connectivity index (χ3n) is 6.13. The first-order chi connectivity index (χ1) is 17.0. The van der Waals surface area contributed by atoms with Crippen LogP contribution in [0.4, 0.5) is 25.8 Å². The Kier molecular flexibility index (Phi) is 5.34. The molecule has 2 amide bonds. The summed E-state index contributed by atoms with van der Waals surface area (Å²) < 4.78 is 54.5. The van der Waals surface area contributed by atoms with Gasteiger partial charge in [0.1, 0.15) is 17.4 Å². The minimum atomic E-state index is -4.63. The number of carbonyl (C=O) groups is 2. The molecule has 0 N–H and O–H groups in total. The third-order valence-corrected chi connectivity index (χ3v) is 8.52. The van der Waals surface area contributed by atoms with Gasteiger partial charge < -0.3 is 4.90 Å². The van der Waals surface area contributed by atoms with Crippen LogP contribution in [0, 0.1) is 21.7 Å². The molecule has 5 rings (SSSR count). The van der Waals surface area contributed by atoms with Crippen molar-refractivity contribution >= 4 is 50.3 Å². The number of hydrogen-bond donors (Lipinski definition) is 0. The largest absolute Gasteiger partial charge is 0.304 e. The van der Waals surface area contributed by atoms with Gasteiger partial charge in [0.2, 0.25) is 5.91 Å². The van der Waals surface area contributed by atoms with E-state index in [1.54, 1.807) is 0 Å². The maximum absolute atomic E-state index is 14.0. The molecule has 2 aliphatic rings. The number of carbonyl (C=O) groups excluding carboxylic acids is 2. The normalized spacial score (nSPS) is 20.3. The maximum Gasteiger partial charge on any atom is 0.274 e. The molecule has 184 valence electrons. The Morgan fingerprint density at radius 2 is 1.72 bits per heavy atom. The van der Waals surface area contributed by atoms with E-state index in [0.717, 1.165) is 47.4 Å². The molecule has 2 aliphatic heterocycles. The van der Waals surface area contributed by atoms with Crippen LogP contribution in [0.1, 0.15) is 11.1 Å². The van der Waals surface area contributed by atoms with E-state index in [9.17, 15) is 36.9 Å². The standard InChI is InChI=1S/C23H14ClF2N3O6S/c24-18-10-15(5-7-19(18)26)28-21(30)12-36(34,35)23(28)17-9-16(29(32)33)6-8-20(17)27(22(23)31)11-13-1-3-14(25)4-2-13/h1-10H,11-12H2. The van der Waals surface area contributed by atoms with Crippen molar-refractivity contribution in [3.05, 3.63) is 98.6 Å². The molecular formula is C23H14ClF2N3O6S. The van der Waals surface area contributed by atoms with Crippen LogP contribution >= 0.6 is 11.6 Å². The van der Waals surface area contributed by atoms with Crippen molar-refractivity contribution in [2.75, 3.05) is 15.6 Å². The Balaban J connectivity index is 1.79. The van der Waals surface area contributed by atoms with E-state index >= 15 is 0 Å². The summed E-state index contributed by atoms with van der Waals surface area (Å²) in [5.41, 5.74) is -0.524. The fourth-order valence-electron chi connectivity index (χ4n) is 4.59. The molecular weight excluding hydrogens is 520 g/mol. The first kappa shape index (κ1) is 23.8. The lowest BCUT2D eigenvalue weighted by molar-refractivity contribution is -0.384. The Labute approximate surface area is 207 Å². The predicted octanol–water partition coefficient (Wildman–Crippen LogP) is 3.69. The molecule has 9 nitrogen and oxygen atoms in total. The van der Waals surface area contributed by atoms with Crippen LogP contribution in [-0.2, 0) is 30.8 Å². The molecule has 3 aromatic carbocycles. The first-order valence-electron chi connectivity index (χ1n) is 10.3. The quantitative estimate of drug-likeness (QED) is 0.373. The van der Waals surface area contributed by atoms with E-state index in [1.807, 2.05) is 0 Å². The van der Waals surface area contributed by atoms with Crippen molar-refractivity contribution in [2.24, 2.45) is 0 Å². The molecule has 1 atom stereocenters. The lowest BCUT2D eigenvalue weighted by Crippen LogP contribution is -2.54. The minimum Gasteiger partial charge on any atom is -0.304 e. The highest BCUT2D eigenvalue weighted by Crippen LogP contribution is 2.53. The van der Waals surface area contributed by atoms with E-state index in [2.05, 4.69) is 0 Å². The molecule has 0 aliphatic carbocycles. The molecule has 1 saturated heterocycles. The molecule has 3 aromatic rings. The van der Waals surface area contributed by atoms with Crippen LogP contribution in [0.3, 0.4) is 0 Å². The molecule has 1 unspecified atom stereocenters. The number of non-ortho nitro benzene ring substituents is 1. The number of nitrogens with zero attached hydrogens (tertiary/aromatic N) is 3. The maximum atomic E-state index is 14.0. The number of benzene rings is 3. The summed E-state index contributed by atoms with van der Waals surface area (Å²) in [4.78, 5) is 37.0. The number of sulfone groups is 1. The van der Waals surface area contributed by atoms with Gasteiger partial charge in [-0.1, -0.05) is 23.7 Å². The summed E-state index contributed by atoms with van der Waals surface area (Å²) in [6.07, 6.45) is 0. The first-order valence-corrected chi connectivity index (χ1v) is 12.4. The SMILES string of the molecule is O=C1CS(=O)(=O)C2(C(=O)N(Cc3ccc(F)cc3)c3ccc([N+](=O)[O-])cc32)N1c1ccc(F)c(Cl)c1. The number of nitro groups is 1. The van der Waals surface area contributed by atoms with Gasteiger partial charge in [0.25, 0.3) is 16.5 Å². The van der Waals surface area contributed by atoms with Crippen molar-refractivity contribution in [3.8, 4) is 0 Å². The van der Waals surface area contributed by atoms with Gasteiger partial charge in [-0.3, -0.25) is 24.6 Å². The van der Waals surface area contributed by atoms with Gasteiger partial charge >= 0.3 is 0 Å². The fourth-order valence-corrected chi connectivity index (χ4v) is 6.79. The van der Waals surface area contributed by atoms with Crippen molar-refractivity contribution in [1.29, 1.82) is 0 Å². The fraction of sp³-hybridized carbons (Fsp3) is 0.130. The van der Waals surface area contributed by atoms with Crippen molar-refractivity contribution in [2.45, 2.75) is 11.4 Å². The minimum absolute atomic E-state index is 0.0198. The summed E-state index contributed by atoms with van der Waals surface area (Å²) >= 11 is 5.88. The Morgan fingerprint density at radius 3 is 2.36 bits per heavy atom. The lowest BCUT2D eigenvalue weighted by Gasteiger charge is -2.32. The average molecular weight is 534 g/mol. The molecule has 0 saturated carbocycles. The second kappa shape index (κ2) is 8.07. The highest BCUT2D eigenvalue weighted by atomic mass is 35.5. The van der Waals surface area contributed by atoms with E-state index in [0.29, 0.717) is 10.5 Å². The van der Waals surface area contributed by atoms with E-state index in [4.69, 9.17) is 11.6 Å². The average Bonchev–Trinajstić information content (AvgIpc) is 3.19. The second-order valence-electron chi connectivity index (χ2n) is 8.21. The van der Waals surface area contributed by atoms with Gasteiger partial charge in [-0.25, -0.2) is 17.2 Å². The van der Waals surface area contributed by atoms with E-state index < -0.39 is 59.5 Å². The lowest BCUT2D eigenvalue weighted by atomic mass is 10.0. The van der Waals surface area contributed by atoms with E-state index in [-0.39, 0.29) is 23.5 Å². The van der Waals surface area contributed by atoms with Crippen LogP contribution in [0.25, 0.3) is 0 Å². The number of halogens is 3. The number of fused-ring (bicyclic) bond motifs is 2. The Morgan fingerprint density at radius 1 is 1.03 bits per heavy atom. The summed E-state index contributed by atoms with van der Waals surface area (Å²) in [7, 11) is -4.63. The number of anilines is 2.